The maximum atomic E-state index is 13.2. The highest BCUT2D eigenvalue weighted by molar-refractivity contribution is 5.77. The van der Waals surface area contributed by atoms with Crippen molar-refractivity contribution in [2.75, 3.05) is 6.61 Å². The van der Waals surface area contributed by atoms with Crippen molar-refractivity contribution in [3.05, 3.63) is 36.5 Å². The first-order chi connectivity index (χ1) is 31.0. The van der Waals surface area contributed by atoms with Crippen molar-refractivity contribution in [2.45, 2.75) is 309 Å². The van der Waals surface area contributed by atoms with Gasteiger partial charge in [0, 0.05) is 6.42 Å². The number of hydrogen-bond acceptors (Lipinski definition) is 5. The fraction of sp³-hybridized carbons (Fsp3) is 0.860. The first-order valence-corrected chi connectivity index (χ1v) is 27.7. The summed E-state index contributed by atoms with van der Waals surface area (Å²) < 4.78 is 5.93. The standard InChI is InChI=1S/C57H107NO5/c1-4-7-10-13-16-19-22-24-26-27-28-29-30-32-35-38-41-44-47-50-57(62)63-53(48-45-42-39-36-33-21-18-15-12-9-6-3)51-56(61)58-54(52-59)55(60)49-46-43-40-37-34-31-25-23-20-17-14-11-8-5-2/h16,19,24,26,36,39,53-55,59-60H,4-15,17-18,20-23,25,27-35,37-38,40-52H2,1-3H3,(H,58,61)/b19-16-,26-24-,39-36-. The normalized spacial score (nSPS) is 13.4. The van der Waals surface area contributed by atoms with Gasteiger partial charge in [0.05, 0.1) is 25.2 Å². The van der Waals surface area contributed by atoms with Gasteiger partial charge in [0.15, 0.2) is 0 Å². The van der Waals surface area contributed by atoms with E-state index in [1.54, 1.807) is 0 Å². The van der Waals surface area contributed by atoms with Crippen molar-refractivity contribution in [3.63, 3.8) is 0 Å². The molecule has 0 aromatic heterocycles. The number of unbranched alkanes of at least 4 members (excludes halogenated alkanes) is 32. The van der Waals surface area contributed by atoms with E-state index in [9.17, 15) is 19.8 Å². The van der Waals surface area contributed by atoms with Gasteiger partial charge in [0.1, 0.15) is 6.10 Å². The maximum Gasteiger partial charge on any atom is 0.306 e. The Bertz CT molecular complexity index is 1040. The highest BCUT2D eigenvalue weighted by Crippen LogP contribution is 2.18. The third-order valence-corrected chi connectivity index (χ3v) is 12.7. The van der Waals surface area contributed by atoms with Gasteiger partial charge >= 0.3 is 5.97 Å². The highest BCUT2D eigenvalue weighted by Gasteiger charge is 2.24. The summed E-state index contributed by atoms with van der Waals surface area (Å²) in [6.07, 6.45) is 60.7. The number of aliphatic hydroxyl groups excluding tert-OH is 2. The van der Waals surface area contributed by atoms with Gasteiger partial charge in [-0.25, -0.2) is 0 Å². The predicted molar refractivity (Wildman–Crippen MR) is 273 cm³/mol. The molecule has 0 aromatic carbocycles. The second-order valence-corrected chi connectivity index (χ2v) is 19.0. The second-order valence-electron chi connectivity index (χ2n) is 19.0. The molecule has 0 radical (unpaired) electrons. The number of amides is 1. The number of nitrogens with one attached hydrogen (secondary N) is 1. The number of carbonyl (C=O) groups excluding carboxylic acids is 2. The van der Waals surface area contributed by atoms with Crippen molar-refractivity contribution < 1.29 is 24.5 Å². The van der Waals surface area contributed by atoms with Crippen molar-refractivity contribution in [3.8, 4) is 0 Å². The fourth-order valence-corrected chi connectivity index (χ4v) is 8.46. The van der Waals surface area contributed by atoms with Crippen molar-refractivity contribution in [1.29, 1.82) is 0 Å². The van der Waals surface area contributed by atoms with Crippen LogP contribution in [0.25, 0.3) is 0 Å². The lowest BCUT2D eigenvalue weighted by molar-refractivity contribution is -0.151. The maximum absolute atomic E-state index is 13.2. The van der Waals surface area contributed by atoms with Gasteiger partial charge in [-0.05, 0) is 77.0 Å². The smallest absolute Gasteiger partial charge is 0.306 e. The summed E-state index contributed by atoms with van der Waals surface area (Å²) >= 11 is 0. The number of ether oxygens (including phenoxy) is 1. The van der Waals surface area contributed by atoms with Gasteiger partial charge in [-0.15, -0.1) is 0 Å². The molecule has 1 amide bonds. The largest absolute Gasteiger partial charge is 0.462 e. The average Bonchev–Trinajstić information content (AvgIpc) is 3.28. The molecule has 6 nitrogen and oxygen atoms in total. The lowest BCUT2D eigenvalue weighted by Gasteiger charge is -2.24. The van der Waals surface area contributed by atoms with Crippen molar-refractivity contribution >= 4 is 11.9 Å². The Hall–Kier alpha value is -1.92. The summed E-state index contributed by atoms with van der Waals surface area (Å²) in [6, 6.07) is -0.708. The van der Waals surface area contributed by atoms with Gasteiger partial charge in [-0.2, -0.15) is 0 Å². The van der Waals surface area contributed by atoms with Crippen LogP contribution in [0.3, 0.4) is 0 Å². The van der Waals surface area contributed by atoms with Gasteiger partial charge < -0.3 is 20.3 Å². The van der Waals surface area contributed by atoms with Gasteiger partial charge in [0.2, 0.25) is 5.91 Å². The van der Waals surface area contributed by atoms with Crippen LogP contribution in [0.4, 0.5) is 0 Å². The summed E-state index contributed by atoms with van der Waals surface area (Å²) in [5.74, 6) is -0.497. The third-order valence-electron chi connectivity index (χ3n) is 12.7. The third kappa shape index (κ3) is 46.4. The monoisotopic (exact) mass is 886 g/mol. The van der Waals surface area contributed by atoms with Crippen LogP contribution in [0.15, 0.2) is 36.5 Å². The van der Waals surface area contributed by atoms with E-state index in [0.29, 0.717) is 19.3 Å². The van der Waals surface area contributed by atoms with Crippen LogP contribution in [0.2, 0.25) is 0 Å². The molecule has 3 N–H and O–H groups in total. The van der Waals surface area contributed by atoms with Crippen LogP contribution in [0.5, 0.6) is 0 Å². The molecule has 3 atom stereocenters. The van der Waals surface area contributed by atoms with Gasteiger partial charge in [0.25, 0.3) is 0 Å². The van der Waals surface area contributed by atoms with Crippen LogP contribution < -0.4 is 5.32 Å². The Morgan fingerprint density at radius 1 is 0.460 bits per heavy atom. The quantitative estimate of drug-likeness (QED) is 0.0321. The summed E-state index contributed by atoms with van der Waals surface area (Å²) in [4.78, 5) is 26.2. The van der Waals surface area contributed by atoms with Crippen molar-refractivity contribution in [1.82, 2.24) is 5.32 Å². The molecule has 3 unspecified atom stereocenters. The number of carbonyl (C=O) groups is 2. The SMILES string of the molecule is CCCCC/C=C\C/C=C\CCCCCCCCCCCC(=O)OC(CCC/C=C\CCCCCCCC)CC(=O)NC(CO)C(O)CCCCCCCCCCCCCCCC. The van der Waals surface area contributed by atoms with Crippen LogP contribution in [0.1, 0.15) is 290 Å². The summed E-state index contributed by atoms with van der Waals surface area (Å²) in [5.41, 5.74) is 0. The number of rotatable bonds is 50. The molecule has 0 heterocycles. The van der Waals surface area contributed by atoms with E-state index in [1.807, 2.05) is 0 Å². The van der Waals surface area contributed by atoms with Crippen molar-refractivity contribution in [2.24, 2.45) is 0 Å². The van der Waals surface area contributed by atoms with E-state index in [4.69, 9.17) is 4.74 Å². The Morgan fingerprint density at radius 3 is 1.29 bits per heavy atom. The van der Waals surface area contributed by atoms with Crippen LogP contribution >= 0.6 is 0 Å². The topological polar surface area (TPSA) is 95.9 Å². The van der Waals surface area contributed by atoms with Crippen LogP contribution in [-0.4, -0.2) is 46.9 Å². The number of allylic oxidation sites excluding steroid dienone is 6. The first kappa shape index (κ1) is 61.1. The molecule has 0 aliphatic heterocycles. The van der Waals surface area contributed by atoms with Crippen LogP contribution in [-0.2, 0) is 14.3 Å². The molecule has 0 saturated carbocycles. The lowest BCUT2D eigenvalue weighted by atomic mass is 10.0. The molecule has 0 fully saturated rings. The molecule has 63 heavy (non-hydrogen) atoms. The summed E-state index contributed by atoms with van der Waals surface area (Å²) in [6.45, 7) is 6.46. The Morgan fingerprint density at radius 2 is 0.825 bits per heavy atom. The van der Waals surface area contributed by atoms with E-state index in [0.717, 1.165) is 64.2 Å². The highest BCUT2D eigenvalue weighted by atomic mass is 16.5. The molecule has 0 aliphatic carbocycles. The molecular weight excluding hydrogens is 779 g/mol. The average molecular weight is 886 g/mol. The van der Waals surface area contributed by atoms with Gasteiger partial charge in [-0.3, -0.25) is 9.59 Å². The molecule has 0 spiro atoms. The van der Waals surface area contributed by atoms with E-state index < -0.39 is 18.2 Å². The molecule has 0 aromatic rings. The minimum atomic E-state index is -0.793. The lowest BCUT2D eigenvalue weighted by Crippen LogP contribution is -2.46. The Balaban J connectivity index is 4.48. The zero-order valence-electron chi connectivity index (χ0n) is 42.2. The molecule has 6 heteroatoms. The molecular formula is C57H107NO5. The molecule has 0 bridgehead atoms. The molecule has 0 aliphatic rings. The number of aliphatic hydroxyl groups is 2. The minimum absolute atomic E-state index is 0.0577. The number of hydrogen-bond donors (Lipinski definition) is 3. The molecule has 0 rings (SSSR count). The second kappa shape index (κ2) is 51.1. The summed E-state index contributed by atoms with van der Waals surface area (Å²) in [5, 5.41) is 23.8. The molecule has 370 valence electrons. The zero-order chi connectivity index (χ0) is 45.9. The first-order valence-electron chi connectivity index (χ1n) is 27.7. The summed E-state index contributed by atoms with van der Waals surface area (Å²) in [7, 11) is 0. The Labute approximate surface area is 392 Å². The Kier molecular flexibility index (Phi) is 49.5. The van der Waals surface area contributed by atoms with E-state index in [1.165, 1.54) is 180 Å². The number of esters is 1. The fourth-order valence-electron chi connectivity index (χ4n) is 8.46. The zero-order valence-corrected chi connectivity index (χ0v) is 42.2. The van der Waals surface area contributed by atoms with E-state index >= 15 is 0 Å². The minimum Gasteiger partial charge on any atom is -0.462 e. The predicted octanol–water partition coefficient (Wildman–Crippen LogP) is 16.8. The van der Waals surface area contributed by atoms with E-state index in [-0.39, 0.29) is 24.9 Å². The van der Waals surface area contributed by atoms with Gasteiger partial charge in [-0.1, -0.05) is 237 Å². The van der Waals surface area contributed by atoms with E-state index in [2.05, 4.69) is 62.5 Å². The van der Waals surface area contributed by atoms with Crippen LogP contribution in [0, 0.1) is 0 Å². The molecule has 0 saturated heterocycles.